The summed E-state index contributed by atoms with van der Waals surface area (Å²) in [4.78, 5) is 38.9. The predicted octanol–water partition coefficient (Wildman–Crippen LogP) is 2.40. The molecule has 1 heterocycles. The minimum Gasteiger partial charge on any atom is -0.456 e. The van der Waals surface area contributed by atoms with Gasteiger partial charge in [0.05, 0.1) is 23.9 Å². The van der Waals surface area contributed by atoms with Crippen molar-refractivity contribution in [1.82, 2.24) is 5.32 Å². The molecular weight excluding hydrogens is 378 g/mol. The van der Waals surface area contributed by atoms with Crippen molar-refractivity contribution in [2.45, 2.75) is 49.0 Å². The number of hydrogen-bond acceptors (Lipinski definition) is 6. The standard InChI is InChI=1S/C20H23N3O4S/c21-14-20(9-4-1-5-10-20)22-17(24)12-27-19(26)8-11-23-15-6-2-3-7-16(15)28-13-18(23)25/h2-3,6-7H,1,4-5,8-13H2,(H,22,24). The largest absolute Gasteiger partial charge is 0.456 e. The SMILES string of the molecule is N#CC1(NC(=O)COC(=O)CCN2C(=O)CSc3ccccc32)CCCCC1. The van der Waals surface area contributed by atoms with Gasteiger partial charge in [0.2, 0.25) is 5.91 Å². The molecule has 0 unspecified atom stereocenters. The average Bonchev–Trinajstić information content (AvgIpc) is 2.72. The molecule has 0 spiro atoms. The number of benzene rings is 1. The first-order valence-corrected chi connectivity index (χ1v) is 10.4. The maximum atomic E-state index is 12.2. The Kier molecular flexibility index (Phi) is 6.57. The number of carbonyl (C=O) groups excluding carboxylic acids is 3. The molecule has 0 radical (unpaired) electrons. The van der Waals surface area contributed by atoms with E-state index in [-0.39, 0.29) is 18.9 Å². The molecule has 28 heavy (non-hydrogen) atoms. The van der Waals surface area contributed by atoms with E-state index in [4.69, 9.17) is 4.74 Å². The molecule has 0 atom stereocenters. The van der Waals surface area contributed by atoms with E-state index in [1.54, 1.807) is 4.90 Å². The molecule has 0 saturated heterocycles. The summed E-state index contributed by atoms with van der Waals surface area (Å²) < 4.78 is 5.05. The first kappa shape index (κ1) is 20.2. The maximum Gasteiger partial charge on any atom is 0.308 e. The monoisotopic (exact) mass is 401 g/mol. The quantitative estimate of drug-likeness (QED) is 0.735. The summed E-state index contributed by atoms with van der Waals surface area (Å²) >= 11 is 1.48. The van der Waals surface area contributed by atoms with Crippen molar-refractivity contribution in [2.24, 2.45) is 0 Å². The molecular formula is C20H23N3O4S. The average molecular weight is 401 g/mol. The number of amides is 2. The number of hydrogen-bond donors (Lipinski definition) is 1. The summed E-state index contributed by atoms with van der Waals surface area (Å²) in [5.41, 5.74) is -0.0499. The topological polar surface area (TPSA) is 99.5 Å². The summed E-state index contributed by atoms with van der Waals surface area (Å²) in [6.45, 7) is -0.207. The number of thioether (sulfide) groups is 1. The van der Waals surface area contributed by atoms with Crippen LogP contribution >= 0.6 is 11.8 Å². The zero-order chi connectivity index (χ0) is 20.0. The molecule has 0 bridgehead atoms. The van der Waals surface area contributed by atoms with E-state index in [1.165, 1.54) is 11.8 Å². The minimum absolute atomic E-state index is 0.00140. The molecule has 2 aliphatic rings. The van der Waals surface area contributed by atoms with Crippen LogP contribution in [0.4, 0.5) is 5.69 Å². The van der Waals surface area contributed by atoms with Gasteiger partial charge in [-0.1, -0.05) is 31.4 Å². The van der Waals surface area contributed by atoms with Crippen LogP contribution in [0.1, 0.15) is 38.5 Å². The van der Waals surface area contributed by atoms with Gasteiger partial charge >= 0.3 is 5.97 Å². The van der Waals surface area contributed by atoms with Gasteiger partial charge in [0.15, 0.2) is 6.61 Å². The van der Waals surface area contributed by atoms with E-state index in [9.17, 15) is 19.6 Å². The van der Waals surface area contributed by atoms with Crippen LogP contribution in [0.15, 0.2) is 29.2 Å². The van der Waals surface area contributed by atoms with Gasteiger partial charge in [-0.05, 0) is 25.0 Å². The number of fused-ring (bicyclic) bond motifs is 1. The van der Waals surface area contributed by atoms with Crippen molar-refractivity contribution in [3.05, 3.63) is 24.3 Å². The number of para-hydroxylation sites is 1. The fourth-order valence-corrected chi connectivity index (χ4v) is 4.48. The third-order valence-corrected chi connectivity index (χ3v) is 6.06. The number of nitrogens with zero attached hydrogens (tertiary/aromatic N) is 2. The van der Waals surface area contributed by atoms with E-state index in [0.29, 0.717) is 18.6 Å². The Hall–Kier alpha value is -2.53. The molecule has 1 aromatic carbocycles. The van der Waals surface area contributed by atoms with Gasteiger partial charge in [-0.25, -0.2) is 0 Å². The number of esters is 1. The zero-order valence-electron chi connectivity index (χ0n) is 15.6. The number of rotatable bonds is 6. The van der Waals surface area contributed by atoms with Gasteiger partial charge in [-0.2, -0.15) is 5.26 Å². The number of anilines is 1. The molecule has 1 aliphatic carbocycles. The lowest BCUT2D eigenvalue weighted by Crippen LogP contribution is -2.50. The molecule has 1 fully saturated rings. The third kappa shape index (κ3) is 4.84. The highest BCUT2D eigenvalue weighted by Gasteiger charge is 2.33. The van der Waals surface area contributed by atoms with Gasteiger partial charge in [0, 0.05) is 11.4 Å². The lowest BCUT2D eigenvalue weighted by atomic mass is 9.83. The van der Waals surface area contributed by atoms with Crippen molar-refractivity contribution >= 4 is 35.2 Å². The summed E-state index contributed by atoms with van der Waals surface area (Å²) in [7, 11) is 0. The molecule has 1 saturated carbocycles. The Morgan fingerprint density at radius 2 is 2.00 bits per heavy atom. The fraction of sp³-hybridized carbons (Fsp3) is 0.500. The highest BCUT2D eigenvalue weighted by molar-refractivity contribution is 8.00. The van der Waals surface area contributed by atoms with Crippen LogP contribution in [0.25, 0.3) is 0 Å². The molecule has 0 aromatic heterocycles. The minimum atomic E-state index is -0.844. The summed E-state index contributed by atoms with van der Waals surface area (Å²) in [5, 5.41) is 12.1. The second-order valence-electron chi connectivity index (χ2n) is 7.02. The number of nitriles is 1. The number of carbonyl (C=O) groups is 3. The molecule has 1 aromatic rings. The maximum absolute atomic E-state index is 12.2. The molecule has 7 nitrogen and oxygen atoms in total. The highest BCUT2D eigenvalue weighted by atomic mass is 32.2. The van der Waals surface area contributed by atoms with Gasteiger partial charge in [-0.3, -0.25) is 14.4 Å². The molecule has 148 valence electrons. The summed E-state index contributed by atoms with van der Waals surface area (Å²) in [6.07, 6.45) is 4.11. The van der Waals surface area contributed by atoms with Gasteiger partial charge in [0.25, 0.3) is 5.91 Å². The Morgan fingerprint density at radius 3 is 2.75 bits per heavy atom. The van der Waals surface area contributed by atoms with Gasteiger partial charge < -0.3 is 15.0 Å². The zero-order valence-corrected chi connectivity index (χ0v) is 16.4. The lowest BCUT2D eigenvalue weighted by molar-refractivity contribution is -0.148. The van der Waals surface area contributed by atoms with Crippen molar-refractivity contribution in [2.75, 3.05) is 23.8 Å². The van der Waals surface area contributed by atoms with Crippen LogP contribution in [0, 0.1) is 11.3 Å². The Labute approximate surface area is 168 Å². The van der Waals surface area contributed by atoms with Crippen LogP contribution in [0.3, 0.4) is 0 Å². The van der Waals surface area contributed by atoms with E-state index in [1.807, 2.05) is 24.3 Å². The molecule has 3 rings (SSSR count). The highest BCUT2D eigenvalue weighted by Crippen LogP contribution is 2.34. The lowest BCUT2D eigenvalue weighted by Gasteiger charge is -2.31. The molecule has 8 heteroatoms. The van der Waals surface area contributed by atoms with Crippen molar-refractivity contribution < 1.29 is 19.1 Å². The second-order valence-corrected chi connectivity index (χ2v) is 8.03. The molecule has 2 amide bonds. The summed E-state index contributed by atoms with van der Waals surface area (Å²) in [5.74, 6) is -0.728. The van der Waals surface area contributed by atoms with Crippen molar-refractivity contribution in [3.8, 4) is 6.07 Å². The van der Waals surface area contributed by atoms with E-state index < -0.39 is 24.0 Å². The molecule has 1 N–H and O–H groups in total. The predicted molar refractivity (Wildman–Crippen MR) is 105 cm³/mol. The van der Waals surface area contributed by atoms with Crippen LogP contribution in [0.5, 0.6) is 0 Å². The van der Waals surface area contributed by atoms with Gasteiger partial charge in [0.1, 0.15) is 5.54 Å². The number of nitrogens with one attached hydrogen (secondary N) is 1. The Morgan fingerprint density at radius 1 is 1.25 bits per heavy atom. The Balaban J connectivity index is 1.47. The number of ether oxygens (including phenoxy) is 1. The van der Waals surface area contributed by atoms with Crippen LogP contribution in [-0.4, -0.2) is 42.2 Å². The molecule has 1 aliphatic heterocycles. The van der Waals surface area contributed by atoms with Gasteiger partial charge in [-0.15, -0.1) is 11.8 Å². The third-order valence-electron chi connectivity index (χ3n) is 5.01. The fourth-order valence-electron chi connectivity index (χ4n) is 3.54. The Bertz CT molecular complexity index is 799. The van der Waals surface area contributed by atoms with Crippen molar-refractivity contribution in [1.29, 1.82) is 5.26 Å². The normalized spacial score (nSPS) is 18.0. The first-order valence-electron chi connectivity index (χ1n) is 9.43. The second kappa shape index (κ2) is 9.11. The van der Waals surface area contributed by atoms with Crippen LogP contribution < -0.4 is 10.2 Å². The van der Waals surface area contributed by atoms with E-state index >= 15 is 0 Å². The van der Waals surface area contributed by atoms with Crippen LogP contribution in [-0.2, 0) is 19.1 Å². The summed E-state index contributed by atoms with van der Waals surface area (Å²) in [6, 6.07) is 9.75. The van der Waals surface area contributed by atoms with Crippen LogP contribution in [0.2, 0.25) is 0 Å². The van der Waals surface area contributed by atoms with E-state index in [0.717, 1.165) is 29.8 Å². The smallest absolute Gasteiger partial charge is 0.308 e. The van der Waals surface area contributed by atoms with Crippen molar-refractivity contribution in [3.63, 3.8) is 0 Å². The van der Waals surface area contributed by atoms with E-state index in [2.05, 4.69) is 11.4 Å². The first-order chi connectivity index (χ1) is 13.5.